The number of halogens is 1. The Bertz CT molecular complexity index is 390. The van der Waals surface area contributed by atoms with Gasteiger partial charge in [-0.3, -0.25) is 11.3 Å². The summed E-state index contributed by atoms with van der Waals surface area (Å²) in [7, 11) is 0. The number of rotatable bonds is 4. The fraction of sp³-hybridized carbons (Fsp3) is 0.625. The van der Waals surface area contributed by atoms with Gasteiger partial charge in [0.25, 0.3) is 0 Å². The van der Waals surface area contributed by atoms with Gasteiger partial charge in [-0.2, -0.15) is 0 Å². The molecule has 1 unspecified atom stereocenters. The molecule has 19 heavy (non-hydrogen) atoms. The predicted molar refractivity (Wildman–Crippen MR) is 77.0 cm³/mol. The first kappa shape index (κ1) is 14.5. The molecule has 0 radical (unpaired) electrons. The van der Waals surface area contributed by atoms with Gasteiger partial charge >= 0.3 is 0 Å². The summed E-state index contributed by atoms with van der Waals surface area (Å²) in [6.45, 7) is 4.68. The highest BCUT2D eigenvalue weighted by Gasteiger charge is 2.30. The summed E-state index contributed by atoms with van der Waals surface area (Å²) in [6, 6.07) is 7.04. The highest BCUT2D eigenvalue weighted by atomic mass is 19.1. The zero-order valence-corrected chi connectivity index (χ0v) is 12.0. The van der Waals surface area contributed by atoms with Crippen LogP contribution in [-0.2, 0) is 6.42 Å². The van der Waals surface area contributed by atoms with Gasteiger partial charge in [0.05, 0.1) is 0 Å². The second kappa shape index (κ2) is 6.02. The molecule has 1 aliphatic carbocycles. The van der Waals surface area contributed by atoms with Crippen molar-refractivity contribution in [2.24, 2.45) is 17.2 Å². The maximum Gasteiger partial charge on any atom is 0.123 e. The number of benzene rings is 1. The summed E-state index contributed by atoms with van der Waals surface area (Å²) < 4.78 is 12.9. The van der Waals surface area contributed by atoms with Crippen LogP contribution in [0.3, 0.4) is 0 Å². The summed E-state index contributed by atoms with van der Waals surface area (Å²) >= 11 is 0. The van der Waals surface area contributed by atoms with Crippen molar-refractivity contribution < 1.29 is 4.39 Å². The SMILES string of the molecule is CC1(C)CCC(C(Cc2ccc(F)cc2)NN)CC1. The summed E-state index contributed by atoms with van der Waals surface area (Å²) in [5.74, 6) is 6.17. The van der Waals surface area contributed by atoms with Gasteiger partial charge in [0.2, 0.25) is 0 Å². The van der Waals surface area contributed by atoms with Gasteiger partial charge in [-0.25, -0.2) is 4.39 Å². The molecule has 0 spiro atoms. The molecule has 0 heterocycles. The van der Waals surface area contributed by atoms with E-state index >= 15 is 0 Å². The lowest BCUT2D eigenvalue weighted by Gasteiger charge is -2.37. The standard InChI is InChI=1S/C16H25FN2/c1-16(2)9-7-13(8-10-16)15(19-18)11-12-3-5-14(17)6-4-12/h3-6,13,15,19H,7-11,18H2,1-2H3. The second-order valence-corrected chi connectivity index (χ2v) is 6.61. The van der Waals surface area contributed by atoms with Gasteiger partial charge in [0.15, 0.2) is 0 Å². The molecule has 3 heteroatoms. The second-order valence-electron chi connectivity index (χ2n) is 6.61. The summed E-state index contributed by atoms with van der Waals surface area (Å²) in [5, 5.41) is 0. The molecular formula is C16H25FN2. The van der Waals surface area contributed by atoms with Crippen LogP contribution in [0.4, 0.5) is 4.39 Å². The van der Waals surface area contributed by atoms with Crippen molar-refractivity contribution in [1.29, 1.82) is 0 Å². The van der Waals surface area contributed by atoms with E-state index in [0.717, 1.165) is 12.0 Å². The number of nitrogens with one attached hydrogen (secondary N) is 1. The topological polar surface area (TPSA) is 38.0 Å². The first-order chi connectivity index (χ1) is 9.00. The monoisotopic (exact) mass is 264 g/mol. The largest absolute Gasteiger partial charge is 0.271 e. The van der Waals surface area contributed by atoms with Crippen LogP contribution in [0.1, 0.15) is 45.1 Å². The average Bonchev–Trinajstić information content (AvgIpc) is 2.39. The summed E-state index contributed by atoms with van der Waals surface area (Å²) in [4.78, 5) is 0. The van der Waals surface area contributed by atoms with Crippen LogP contribution in [0.25, 0.3) is 0 Å². The normalized spacial score (nSPS) is 21.3. The Labute approximate surface area is 115 Å². The van der Waals surface area contributed by atoms with Gasteiger partial charge in [0.1, 0.15) is 5.82 Å². The molecule has 3 N–H and O–H groups in total. The van der Waals surface area contributed by atoms with Gasteiger partial charge in [0, 0.05) is 6.04 Å². The maximum atomic E-state index is 12.9. The van der Waals surface area contributed by atoms with Gasteiger partial charge in [-0.05, 0) is 61.1 Å². The Morgan fingerprint density at radius 1 is 1.26 bits per heavy atom. The van der Waals surface area contributed by atoms with E-state index in [2.05, 4.69) is 19.3 Å². The van der Waals surface area contributed by atoms with E-state index in [0.29, 0.717) is 17.4 Å². The minimum atomic E-state index is -0.180. The van der Waals surface area contributed by atoms with Gasteiger partial charge in [-0.1, -0.05) is 26.0 Å². The molecule has 1 aliphatic rings. The molecule has 1 saturated carbocycles. The molecule has 1 aromatic rings. The first-order valence-corrected chi connectivity index (χ1v) is 7.21. The van der Waals surface area contributed by atoms with Crippen molar-refractivity contribution in [3.05, 3.63) is 35.6 Å². The Morgan fingerprint density at radius 3 is 2.37 bits per heavy atom. The Kier molecular flexibility index (Phi) is 4.58. The lowest BCUT2D eigenvalue weighted by atomic mass is 9.70. The van der Waals surface area contributed by atoms with Crippen molar-refractivity contribution in [3.8, 4) is 0 Å². The number of hydrogen-bond acceptors (Lipinski definition) is 2. The molecular weight excluding hydrogens is 239 g/mol. The quantitative estimate of drug-likeness (QED) is 0.646. The van der Waals surface area contributed by atoms with Crippen LogP contribution in [0.2, 0.25) is 0 Å². The highest BCUT2D eigenvalue weighted by Crippen LogP contribution is 2.39. The first-order valence-electron chi connectivity index (χ1n) is 7.21. The third-order valence-electron chi connectivity index (χ3n) is 4.54. The van der Waals surface area contributed by atoms with Crippen molar-refractivity contribution in [2.45, 2.75) is 52.0 Å². The maximum absolute atomic E-state index is 12.9. The van der Waals surface area contributed by atoms with Crippen molar-refractivity contribution in [1.82, 2.24) is 5.43 Å². The number of hydrogen-bond donors (Lipinski definition) is 2. The van der Waals surface area contributed by atoms with E-state index in [1.54, 1.807) is 0 Å². The lowest BCUT2D eigenvalue weighted by molar-refractivity contribution is 0.161. The van der Waals surface area contributed by atoms with E-state index in [4.69, 9.17) is 5.84 Å². The molecule has 1 fully saturated rings. The minimum absolute atomic E-state index is 0.180. The van der Waals surface area contributed by atoms with Crippen LogP contribution >= 0.6 is 0 Å². The van der Waals surface area contributed by atoms with E-state index < -0.39 is 0 Å². The van der Waals surface area contributed by atoms with E-state index in [9.17, 15) is 4.39 Å². The molecule has 2 nitrogen and oxygen atoms in total. The molecule has 0 saturated heterocycles. The Hall–Kier alpha value is -0.930. The molecule has 1 aromatic carbocycles. The third kappa shape index (κ3) is 4.02. The summed E-state index contributed by atoms with van der Waals surface area (Å²) in [6.07, 6.45) is 5.85. The molecule has 0 amide bonds. The average molecular weight is 264 g/mol. The Balaban J connectivity index is 1.95. The fourth-order valence-corrected chi connectivity index (χ4v) is 3.06. The molecule has 1 atom stereocenters. The number of hydrazine groups is 1. The van der Waals surface area contributed by atoms with Gasteiger partial charge in [-0.15, -0.1) is 0 Å². The zero-order chi connectivity index (χ0) is 13.9. The van der Waals surface area contributed by atoms with Crippen LogP contribution in [0.5, 0.6) is 0 Å². The van der Waals surface area contributed by atoms with Crippen LogP contribution in [0.15, 0.2) is 24.3 Å². The molecule has 106 valence electrons. The van der Waals surface area contributed by atoms with Crippen LogP contribution < -0.4 is 11.3 Å². The van der Waals surface area contributed by atoms with Gasteiger partial charge < -0.3 is 0 Å². The van der Waals surface area contributed by atoms with E-state index in [-0.39, 0.29) is 5.82 Å². The molecule has 0 aromatic heterocycles. The predicted octanol–water partition coefficient (Wildman–Crippen LogP) is 3.42. The summed E-state index contributed by atoms with van der Waals surface area (Å²) in [5.41, 5.74) is 4.59. The van der Waals surface area contributed by atoms with E-state index in [1.165, 1.54) is 37.8 Å². The fourth-order valence-electron chi connectivity index (χ4n) is 3.06. The molecule has 0 aliphatic heterocycles. The third-order valence-corrected chi connectivity index (χ3v) is 4.54. The van der Waals surface area contributed by atoms with Crippen LogP contribution in [0, 0.1) is 17.2 Å². The molecule has 0 bridgehead atoms. The smallest absolute Gasteiger partial charge is 0.123 e. The lowest BCUT2D eigenvalue weighted by Crippen LogP contribution is -2.44. The molecule has 2 rings (SSSR count). The minimum Gasteiger partial charge on any atom is -0.271 e. The number of nitrogens with two attached hydrogens (primary N) is 1. The van der Waals surface area contributed by atoms with Crippen molar-refractivity contribution >= 4 is 0 Å². The Morgan fingerprint density at radius 2 is 1.84 bits per heavy atom. The van der Waals surface area contributed by atoms with Crippen molar-refractivity contribution in [3.63, 3.8) is 0 Å². The zero-order valence-electron chi connectivity index (χ0n) is 12.0. The van der Waals surface area contributed by atoms with Crippen molar-refractivity contribution in [2.75, 3.05) is 0 Å². The van der Waals surface area contributed by atoms with Crippen LogP contribution in [-0.4, -0.2) is 6.04 Å². The highest BCUT2D eigenvalue weighted by molar-refractivity contribution is 5.17. The van der Waals surface area contributed by atoms with E-state index in [1.807, 2.05) is 12.1 Å².